The van der Waals surface area contributed by atoms with E-state index in [0.717, 1.165) is 37.8 Å². The van der Waals surface area contributed by atoms with E-state index in [2.05, 4.69) is 11.6 Å². The van der Waals surface area contributed by atoms with Crippen molar-refractivity contribution in [3.8, 4) is 11.1 Å². The van der Waals surface area contributed by atoms with Crippen molar-refractivity contribution in [2.24, 2.45) is 4.99 Å². The van der Waals surface area contributed by atoms with Crippen LogP contribution in [0.15, 0.2) is 44.5 Å². The summed E-state index contributed by atoms with van der Waals surface area (Å²) in [5, 5.41) is 0.351. The van der Waals surface area contributed by atoms with Crippen LogP contribution in [0.5, 0.6) is 0 Å². The number of rotatable bonds is 9. The summed E-state index contributed by atoms with van der Waals surface area (Å²) >= 11 is 0. The number of unbranched alkanes of at least 4 members (excludes halogenated alkanes) is 3. The molecule has 10 heteroatoms. The van der Waals surface area contributed by atoms with E-state index in [1.807, 2.05) is 0 Å². The lowest BCUT2D eigenvalue weighted by molar-refractivity contribution is -0.137. The van der Waals surface area contributed by atoms with Gasteiger partial charge in [0.1, 0.15) is 0 Å². The van der Waals surface area contributed by atoms with Crippen molar-refractivity contribution in [3.05, 3.63) is 56.9 Å². The summed E-state index contributed by atoms with van der Waals surface area (Å²) in [4.78, 5) is 35.2. The smallest absolute Gasteiger partial charge is 0.416 e. The van der Waals surface area contributed by atoms with Crippen LogP contribution in [0.1, 0.15) is 38.2 Å². The van der Waals surface area contributed by atoms with E-state index in [1.165, 1.54) is 30.9 Å². The highest BCUT2D eigenvalue weighted by molar-refractivity contribution is 6.63. The molecule has 2 N–H and O–H groups in total. The molecule has 0 amide bonds. The summed E-state index contributed by atoms with van der Waals surface area (Å²) < 4.78 is 48.9. The van der Waals surface area contributed by atoms with E-state index in [4.69, 9.17) is 9.15 Å². The third-order valence-corrected chi connectivity index (χ3v) is 6.10. The van der Waals surface area contributed by atoms with Crippen LogP contribution < -0.4 is 16.3 Å². The molecule has 0 spiro atoms. The van der Waals surface area contributed by atoms with Gasteiger partial charge in [-0.3, -0.25) is 0 Å². The van der Waals surface area contributed by atoms with Crippen molar-refractivity contribution in [3.63, 3.8) is 0 Å². The zero-order valence-corrected chi connectivity index (χ0v) is 19.6. The van der Waals surface area contributed by atoms with E-state index in [9.17, 15) is 27.6 Å². The standard InChI is InChI=1S/C23H28F3NO5Si/c1-16-14-20(18-8-10-19(11-9-18)23(24,25)26)22(28)32-21(16)15-27-17(2)31-12-6-4-5-7-13-33(3,29)30/h8-11,14-15,29-30H,1,4-7,12-13H2,2-3H3/b21-15+,27-17+. The molecular weight excluding hydrogens is 455 g/mol. The Morgan fingerprint density at radius 2 is 1.82 bits per heavy atom. The molecule has 0 aliphatic carbocycles. The lowest BCUT2D eigenvalue weighted by Crippen LogP contribution is -2.29. The molecule has 0 unspecified atom stereocenters. The SMILES string of the molecule is C=c1cc(-c2ccc(C(F)(F)F)cc2)c(=O)o/c1=C/N=C(\C)OCCCCCC[Si](C)(O)O. The zero-order chi connectivity index (χ0) is 24.6. The molecule has 1 aromatic heterocycles. The van der Waals surface area contributed by atoms with Gasteiger partial charge in [0.15, 0.2) is 11.3 Å². The topological polar surface area (TPSA) is 92.3 Å². The first-order valence-corrected chi connectivity index (χ1v) is 13.1. The van der Waals surface area contributed by atoms with E-state index in [-0.39, 0.29) is 11.0 Å². The summed E-state index contributed by atoms with van der Waals surface area (Å²) in [6.45, 7) is 7.41. The summed E-state index contributed by atoms with van der Waals surface area (Å²) in [5.41, 5.74) is -1.000. The number of nitrogens with zero attached hydrogens (tertiary/aromatic N) is 1. The van der Waals surface area contributed by atoms with Crippen molar-refractivity contribution in [2.45, 2.75) is 51.4 Å². The van der Waals surface area contributed by atoms with Crippen LogP contribution in [-0.2, 0) is 10.9 Å². The summed E-state index contributed by atoms with van der Waals surface area (Å²) in [6, 6.07) is 6.13. The quantitative estimate of drug-likeness (QED) is 0.246. The maximum Gasteiger partial charge on any atom is 0.416 e. The molecule has 0 atom stereocenters. The number of alkyl halides is 3. The fourth-order valence-electron chi connectivity index (χ4n) is 3.00. The van der Waals surface area contributed by atoms with Gasteiger partial charge in [-0.05, 0) is 42.8 Å². The predicted molar refractivity (Wildman–Crippen MR) is 123 cm³/mol. The highest BCUT2D eigenvalue weighted by atomic mass is 28.4. The van der Waals surface area contributed by atoms with Gasteiger partial charge in [-0.1, -0.05) is 38.0 Å². The Bertz CT molecular complexity index is 1120. The lowest BCUT2D eigenvalue weighted by Gasteiger charge is -2.10. The van der Waals surface area contributed by atoms with Crippen LogP contribution in [0.3, 0.4) is 0 Å². The Labute approximate surface area is 190 Å². The van der Waals surface area contributed by atoms with Gasteiger partial charge in [-0.25, -0.2) is 9.79 Å². The number of hydrogen-bond donors (Lipinski definition) is 2. The van der Waals surface area contributed by atoms with Gasteiger partial charge in [0.05, 0.1) is 23.9 Å². The molecule has 0 aliphatic heterocycles. The van der Waals surface area contributed by atoms with Crippen molar-refractivity contribution >= 4 is 27.2 Å². The fraction of sp³-hybridized carbons (Fsp3) is 0.391. The molecule has 6 nitrogen and oxygen atoms in total. The molecule has 2 aromatic rings. The van der Waals surface area contributed by atoms with E-state index in [1.54, 1.807) is 6.92 Å². The van der Waals surface area contributed by atoms with Gasteiger partial charge < -0.3 is 18.7 Å². The number of aliphatic imine (C=N–C) groups is 1. The first kappa shape index (κ1) is 26.6. The minimum Gasteiger partial charge on any atom is -0.481 e. The maximum atomic E-state index is 12.7. The largest absolute Gasteiger partial charge is 0.481 e. The Morgan fingerprint density at radius 1 is 1.18 bits per heavy atom. The van der Waals surface area contributed by atoms with Crippen LogP contribution in [-0.4, -0.2) is 30.7 Å². The predicted octanol–water partition coefficient (Wildman–Crippen LogP) is 3.53. The Morgan fingerprint density at radius 3 is 2.42 bits per heavy atom. The second-order valence-corrected chi connectivity index (χ2v) is 10.9. The van der Waals surface area contributed by atoms with Gasteiger partial charge in [-0.2, -0.15) is 13.2 Å². The molecule has 0 bridgehead atoms. The lowest BCUT2D eigenvalue weighted by atomic mass is 10.1. The van der Waals surface area contributed by atoms with E-state index >= 15 is 0 Å². The van der Waals surface area contributed by atoms with Crippen molar-refractivity contribution < 1.29 is 31.9 Å². The first-order chi connectivity index (χ1) is 15.4. The van der Waals surface area contributed by atoms with Crippen LogP contribution >= 0.6 is 0 Å². The monoisotopic (exact) mass is 483 g/mol. The molecule has 2 rings (SSSR count). The Balaban J connectivity index is 1.98. The molecular formula is C23H28F3NO5Si. The molecule has 33 heavy (non-hydrogen) atoms. The third-order valence-electron chi connectivity index (χ3n) is 4.80. The maximum absolute atomic E-state index is 12.7. The van der Waals surface area contributed by atoms with E-state index < -0.39 is 25.9 Å². The number of benzene rings is 1. The fourth-order valence-corrected chi connectivity index (χ4v) is 3.92. The number of ether oxygens (including phenoxy) is 1. The molecule has 0 radical (unpaired) electrons. The molecule has 1 heterocycles. The minimum absolute atomic E-state index is 0.105. The highest BCUT2D eigenvalue weighted by Crippen LogP contribution is 2.30. The average molecular weight is 484 g/mol. The second kappa shape index (κ2) is 11.4. The van der Waals surface area contributed by atoms with Gasteiger partial charge in [0, 0.05) is 12.1 Å². The van der Waals surface area contributed by atoms with Crippen LogP contribution in [0.4, 0.5) is 13.2 Å². The first-order valence-electron chi connectivity index (χ1n) is 10.5. The summed E-state index contributed by atoms with van der Waals surface area (Å²) in [7, 11) is -2.96. The molecule has 0 saturated carbocycles. The number of hydrogen-bond acceptors (Lipinski definition) is 6. The van der Waals surface area contributed by atoms with Crippen molar-refractivity contribution in [1.82, 2.24) is 0 Å². The van der Waals surface area contributed by atoms with Crippen molar-refractivity contribution in [1.29, 1.82) is 0 Å². The van der Waals surface area contributed by atoms with Crippen LogP contribution in [0, 0.1) is 0 Å². The molecule has 0 fully saturated rings. The molecule has 0 saturated heterocycles. The molecule has 0 aliphatic rings. The zero-order valence-electron chi connectivity index (χ0n) is 18.6. The van der Waals surface area contributed by atoms with E-state index in [0.29, 0.717) is 29.3 Å². The molecule has 180 valence electrons. The minimum atomic E-state index is -4.46. The number of halogens is 3. The summed E-state index contributed by atoms with van der Waals surface area (Å²) in [5.74, 6) is 0.370. The molecule has 1 aromatic carbocycles. The Hall–Kier alpha value is -2.69. The van der Waals surface area contributed by atoms with Crippen molar-refractivity contribution in [2.75, 3.05) is 6.61 Å². The van der Waals surface area contributed by atoms with Gasteiger partial charge in [0.25, 0.3) is 0 Å². The van der Waals surface area contributed by atoms with Gasteiger partial charge >= 0.3 is 20.4 Å². The van der Waals surface area contributed by atoms with Gasteiger partial charge in [0.2, 0.25) is 0 Å². The normalized spacial score (nSPS) is 13.4. The van der Waals surface area contributed by atoms with Crippen LogP contribution in [0.2, 0.25) is 12.6 Å². The van der Waals surface area contributed by atoms with Gasteiger partial charge in [-0.15, -0.1) is 0 Å². The summed E-state index contributed by atoms with van der Waals surface area (Å²) in [6.07, 6.45) is 0.190. The van der Waals surface area contributed by atoms with Crippen LogP contribution in [0.25, 0.3) is 23.9 Å². The third kappa shape index (κ3) is 8.99. The second-order valence-electron chi connectivity index (χ2n) is 7.92. The Kier molecular flexibility index (Phi) is 9.21. The highest BCUT2D eigenvalue weighted by Gasteiger charge is 2.30. The average Bonchev–Trinajstić information content (AvgIpc) is 2.72.